The molecule has 4 atom stereocenters. The summed E-state index contributed by atoms with van der Waals surface area (Å²) in [6.07, 6.45) is -7.07. The molecule has 0 radical (unpaired) electrons. The van der Waals surface area contributed by atoms with E-state index in [1.807, 2.05) is 11.8 Å². The number of aromatic nitrogens is 1. The smallest absolute Gasteiger partial charge is 0.341 e. The fraction of sp³-hybridized carbons (Fsp3) is 0.455. The third-order valence-electron chi connectivity index (χ3n) is 5.59. The van der Waals surface area contributed by atoms with Crippen molar-refractivity contribution in [2.45, 2.75) is 37.9 Å². The summed E-state index contributed by atoms with van der Waals surface area (Å²) in [4.78, 5) is 45.4. The highest BCUT2D eigenvalue weighted by atomic mass is 19.1. The van der Waals surface area contributed by atoms with Crippen molar-refractivity contribution in [3.05, 3.63) is 39.9 Å². The Labute approximate surface area is 203 Å². The molecule has 0 bridgehead atoms. The van der Waals surface area contributed by atoms with Gasteiger partial charge >= 0.3 is 11.9 Å². The van der Waals surface area contributed by atoms with Gasteiger partial charge in [0.1, 0.15) is 29.7 Å². The first-order chi connectivity index (χ1) is 16.9. The highest BCUT2D eigenvalue weighted by Crippen LogP contribution is 2.25. The number of anilines is 1. The number of aliphatic hydroxyl groups excluding tert-OH is 4. The molecule has 2 aromatic rings. The molecule has 14 heteroatoms. The lowest BCUT2D eigenvalue weighted by atomic mass is 10.0. The maximum Gasteiger partial charge on any atom is 0.341 e. The van der Waals surface area contributed by atoms with Crippen LogP contribution in [0.15, 0.2) is 23.1 Å². The monoisotopic (exact) mass is 513 g/mol. The lowest BCUT2D eigenvalue weighted by Crippen LogP contribution is -2.48. The van der Waals surface area contributed by atoms with E-state index in [1.54, 1.807) is 10.6 Å². The third kappa shape index (κ3) is 6.41. The zero-order chi connectivity index (χ0) is 27.2. The highest BCUT2D eigenvalue weighted by molar-refractivity contribution is 5.93. The number of pyridine rings is 1. The van der Waals surface area contributed by atoms with E-state index in [0.717, 1.165) is 19.2 Å². The lowest BCUT2D eigenvalue weighted by Gasteiger charge is -2.30. The first kappa shape index (κ1) is 28.8. The molecule has 198 valence electrons. The fourth-order valence-corrected chi connectivity index (χ4v) is 3.58. The van der Waals surface area contributed by atoms with E-state index in [4.69, 9.17) is 30.6 Å². The highest BCUT2D eigenvalue weighted by Gasteiger charge is 2.34. The topological polar surface area (TPSA) is 210 Å². The molecular weight excluding hydrogens is 485 g/mol. The zero-order valence-corrected chi connectivity index (χ0v) is 19.2. The predicted octanol–water partition coefficient (Wildman–Crippen LogP) is -2.02. The Balaban J connectivity index is 0.000000302. The van der Waals surface area contributed by atoms with Gasteiger partial charge in [-0.3, -0.25) is 4.79 Å². The van der Waals surface area contributed by atoms with Gasteiger partial charge in [0.25, 0.3) is 0 Å². The molecule has 1 aliphatic rings. The second kappa shape index (κ2) is 12.5. The Morgan fingerprint density at radius 1 is 1.11 bits per heavy atom. The van der Waals surface area contributed by atoms with Gasteiger partial charge in [0.05, 0.1) is 11.2 Å². The summed E-state index contributed by atoms with van der Waals surface area (Å²) in [7, 11) is 0. The van der Waals surface area contributed by atoms with Crippen LogP contribution in [-0.2, 0) is 16.1 Å². The SMILES string of the molecule is CCn1cc(C(=O)O)c(=O)c2cc(F)c(N3CCNCC3)cc21.O=C[C@H](O)[C@@H](O)[C@H](O)[C@H](O)C(=O)O. The minimum Gasteiger partial charge on any atom is -0.479 e. The molecule has 0 unspecified atom stereocenters. The summed E-state index contributed by atoms with van der Waals surface area (Å²) >= 11 is 0. The number of aliphatic carboxylic acids is 1. The molecule has 7 N–H and O–H groups in total. The van der Waals surface area contributed by atoms with Crippen LogP contribution in [-0.4, -0.2) is 104 Å². The van der Waals surface area contributed by atoms with Crippen LogP contribution < -0.4 is 15.6 Å². The normalized spacial score (nSPS) is 16.9. The Hall–Kier alpha value is -3.43. The van der Waals surface area contributed by atoms with Crippen molar-refractivity contribution in [1.29, 1.82) is 0 Å². The van der Waals surface area contributed by atoms with E-state index >= 15 is 0 Å². The van der Waals surface area contributed by atoms with Gasteiger partial charge in [-0.2, -0.15) is 0 Å². The quantitative estimate of drug-likeness (QED) is 0.191. The first-order valence-electron chi connectivity index (χ1n) is 10.9. The average molecular weight is 513 g/mol. The number of hydrogen-bond acceptors (Lipinski definition) is 10. The second-order valence-electron chi connectivity index (χ2n) is 7.91. The molecule has 0 spiro atoms. The summed E-state index contributed by atoms with van der Waals surface area (Å²) in [6, 6.07) is 2.81. The van der Waals surface area contributed by atoms with Crippen molar-refractivity contribution in [3.8, 4) is 0 Å². The van der Waals surface area contributed by atoms with Gasteiger partial charge in [-0.1, -0.05) is 0 Å². The molecule has 0 amide bonds. The molecule has 3 rings (SSSR count). The summed E-state index contributed by atoms with van der Waals surface area (Å²) in [5.74, 6) is -3.56. The van der Waals surface area contributed by atoms with E-state index in [2.05, 4.69) is 5.32 Å². The summed E-state index contributed by atoms with van der Waals surface area (Å²) < 4.78 is 16.2. The number of fused-ring (bicyclic) bond motifs is 1. The van der Waals surface area contributed by atoms with Gasteiger partial charge in [0, 0.05) is 44.3 Å². The Bertz CT molecular complexity index is 1160. The number of carboxylic acid groups (broad SMARTS) is 2. The molecule has 1 fully saturated rings. The molecule has 36 heavy (non-hydrogen) atoms. The van der Waals surface area contributed by atoms with Gasteiger partial charge in [-0.25, -0.2) is 14.0 Å². The number of halogens is 1. The number of benzene rings is 1. The molecule has 1 aliphatic heterocycles. The fourth-order valence-electron chi connectivity index (χ4n) is 3.58. The van der Waals surface area contributed by atoms with Crippen molar-refractivity contribution in [2.24, 2.45) is 0 Å². The maximum atomic E-state index is 14.5. The van der Waals surface area contributed by atoms with Crippen LogP contribution in [0.4, 0.5) is 10.1 Å². The Morgan fingerprint density at radius 3 is 2.22 bits per heavy atom. The van der Waals surface area contributed by atoms with E-state index in [9.17, 15) is 23.6 Å². The van der Waals surface area contributed by atoms with Crippen molar-refractivity contribution in [1.82, 2.24) is 9.88 Å². The molecular formula is C22H28FN3O10. The number of aldehydes is 1. The molecule has 2 heterocycles. The van der Waals surface area contributed by atoms with Gasteiger partial charge in [0.2, 0.25) is 5.43 Å². The third-order valence-corrected chi connectivity index (χ3v) is 5.59. The molecule has 1 saturated heterocycles. The minimum absolute atomic E-state index is 0.0809. The maximum absolute atomic E-state index is 14.5. The summed E-state index contributed by atoms with van der Waals surface area (Å²) in [5, 5.41) is 55.7. The molecule has 1 aromatic heterocycles. The number of carbonyl (C=O) groups excluding carboxylic acids is 1. The average Bonchev–Trinajstić information content (AvgIpc) is 2.87. The van der Waals surface area contributed by atoms with Crippen molar-refractivity contribution < 1.29 is 49.4 Å². The number of nitrogens with one attached hydrogen (secondary N) is 1. The number of hydrogen-bond donors (Lipinski definition) is 7. The molecule has 0 saturated carbocycles. The number of carboxylic acids is 2. The number of piperazine rings is 1. The van der Waals surface area contributed by atoms with Crippen LogP contribution in [0.2, 0.25) is 0 Å². The zero-order valence-electron chi connectivity index (χ0n) is 19.2. The van der Waals surface area contributed by atoms with Gasteiger partial charge in [-0.15, -0.1) is 0 Å². The second-order valence-corrected chi connectivity index (χ2v) is 7.91. The van der Waals surface area contributed by atoms with Crippen LogP contribution >= 0.6 is 0 Å². The van der Waals surface area contributed by atoms with E-state index in [-0.39, 0.29) is 17.2 Å². The van der Waals surface area contributed by atoms with E-state index in [1.165, 1.54) is 6.20 Å². The van der Waals surface area contributed by atoms with Crippen LogP contribution in [0.1, 0.15) is 17.3 Å². The van der Waals surface area contributed by atoms with Gasteiger partial charge in [-0.05, 0) is 19.1 Å². The van der Waals surface area contributed by atoms with E-state index < -0.39 is 47.6 Å². The number of nitrogens with zero attached hydrogens (tertiary/aromatic N) is 2. The standard InChI is InChI=1S/C16H18FN3O3.C6H10O7/c1-2-19-9-11(16(22)23)15(21)10-7-12(17)14(8-13(10)19)20-5-3-18-4-6-20;7-1-2(8)3(9)4(10)5(11)6(12)13/h7-9,18H,2-6H2,1H3,(H,22,23);1-5,8-11H,(H,12,13)/t;2-,3+,4-,5-/m.0/s1. The van der Waals surface area contributed by atoms with Gasteiger partial charge < -0.3 is 50.2 Å². The molecule has 13 nitrogen and oxygen atoms in total. The Kier molecular flexibility index (Phi) is 10.0. The van der Waals surface area contributed by atoms with Crippen LogP contribution in [0, 0.1) is 5.82 Å². The number of aromatic carboxylic acids is 1. The van der Waals surface area contributed by atoms with Crippen LogP contribution in [0.25, 0.3) is 10.9 Å². The van der Waals surface area contributed by atoms with Crippen LogP contribution in [0.5, 0.6) is 0 Å². The molecule has 1 aromatic carbocycles. The van der Waals surface area contributed by atoms with Crippen molar-refractivity contribution >= 4 is 34.8 Å². The minimum atomic E-state index is -2.25. The molecule has 0 aliphatic carbocycles. The largest absolute Gasteiger partial charge is 0.479 e. The van der Waals surface area contributed by atoms with Gasteiger partial charge in [0.15, 0.2) is 12.4 Å². The van der Waals surface area contributed by atoms with Crippen LogP contribution in [0.3, 0.4) is 0 Å². The summed E-state index contributed by atoms with van der Waals surface area (Å²) in [5.41, 5.74) is 0.0118. The number of aliphatic hydroxyl groups is 4. The van der Waals surface area contributed by atoms with E-state index in [0.29, 0.717) is 30.8 Å². The number of carbonyl (C=O) groups is 3. The van der Waals surface area contributed by atoms with Crippen molar-refractivity contribution in [2.75, 3.05) is 31.1 Å². The van der Waals surface area contributed by atoms with Crippen molar-refractivity contribution in [3.63, 3.8) is 0 Å². The first-order valence-corrected chi connectivity index (χ1v) is 10.9. The number of rotatable bonds is 8. The lowest BCUT2D eigenvalue weighted by molar-refractivity contribution is -0.163. The summed E-state index contributed by atoms with van der Waals surface area (Å²) in [6.45, 7) is 5.26. The number of aryl methyl sites for hydroxylation is 1. The predicted molar refractivity (Wildman–Crippen MR) is 124 cm³/mol. The Morgan fingerprint density at radius 2 is 1.72 bits per heavy atom.